The highest BCUT2D eigenvalue weighted by atomic mass is 16.3. The van der Waals surface area contributed by atoms with Crippen molar-refractivity contribution in [3.05, 3.63) is 11.4 Å². The monoisotopic (exact) mass is 238 g/mol. The summed E-state index contributed by atoms with van der Waals surface area (Å²) in [4.78, 5) is 0. The van der Waals surface area contributed by atoms with Gasteiger partial charge in [0.1, 0.15) is 5.69 Å². The largest absolute Gasteiger partial charge is 0.504 e. The van der Waals surface area contributed by atoms with Crippen LogP contribution in [0.4, 0.5) is 0 Å². The maximum atomic E-state index is 10.2. The summed E-state index contributed by atoms with van der Waals surface area (Å²) in [6, 6.07) is 0. The molecule has 0 radical (unpaired) electrons. The van der Waals surface area contributed by atoms with Crippen LogP contribution in [0, 0.1) is 5.92 Å². The van der Waals surface area contributed by atoms with Crippen LogP contribution in [0.5, 0.6) is 5.75 Å². The second kappa shape index (κ2) is 6.08. The highest BCUT2D eigenvalue weighted by Crippen LogP contribution is 2.29. The molecule has 1 aromatic heterocycles. The summed E-state index contributed by atoms with van der Waals surface area (Å²) in [5.41, 5.74) is 1.86. The Kier molecular flexibility index (Phi) is 5.03. The zero-order valence-electron chi connectivity index (χ0n) is 11.8. The molecule has 17 heavy (non-hydrogen) atoms. The van der Waals surface area contributed by atoms with Crippen LogP contribution in [0.25, 0.3) is 0 Å². The van der Waals surface area contributed by atoms with Crippen molar-refractivity contribution in [2.75, 3.05) is 0 Å². The Hall–Kier alpha value is -0.990. The Morgan fingerprint density at radius 3 is 2.35 bits per heavy atom. The molecule has 1 rings (SSSR count). The molecular formula is C14H26N2O. The van der Waals surface area contributed by atoms with Crippen molar-refractivity contribution in [2.45, 2.75) is 66.3 Å². The molecule has 98 valence electrons. The van der Waals surface area contributed by atoms with Gasteiger partial charge in [0.2, 0.25) is 0 Å². The van der Waals surface area contributed by atoms with Crippen molar-refractivity contribution in [1.29, 1.82) is 0 Å². The fraction of sp³-hybridized carbons (Fsp3) is 0.786. The number of aromatic hydroxyl groups is 1. The van der Waals surface area contributed by atoms with E-state index in [-0.39, 0.29) is 5.92 Å². The zero-order valence-corrected chi connectivity index (χ0v) is 11.8. The van der Waals surface area contributed by atoms with Crippen LogP contribution < -0.4 is 0 Å². The number of rotatable bonds is 6. The summed E-state index contributed by atoms with van der Waals surface area (Å²) in [7, 11) is 0. The summed E-state index contributed by atoms with van der Waals surface area (Å²) < 4.78 is 2.00. The van der Waals surface area contributed by atoms with E-state index in [1.54, 1.807) is 0 Å². The fourth-order valence-electron chi connectivity index (χ4n) is 1.99. The van der Waals surface area contributed by atoms with Crippen molar-refractivity contribution in [3.63, 3.8) is 0 Å². The maximum Gasteiger partial charge on any atom is 0.160 e. The third kappa shape index (κ3) is 3.48. The van der Waals surface area contributed by atoms with Gasteiger partial charge in [0, 0.05) is 12.5 Å². The van der Waals surface area contributed by atoms with Crippen LogP contribution in [-0.2, 0) is 13.0 Å². The molecule has 1 aromatic rings. The van der Waals surface area contributed by atoms with E-state index in [9.17, 15) is 5.11 Å². The minimum Gasteiger partial charge on any atom is -0.504 e. The molecule has 0 aliphatic rings. The Bertz CT molecular complexity index is 353. The van der Waals surface area contributed by atoms with E-state index in [2.05, 4.69) is 39.7 Å². The van der Waals surface area contributed by atoms with Gasteiger partial charge in [0.05, 0.1) is 5.69 Å². The highest BCUT2D eigenvalue weighted by Gasteiger charge is 2.19. The van der Waals surface area contributed by atoms with Crippen LogP contribution in [0.3, 0.4) is 0 Å². The molecule has 0 aliphatic heterocycles. The van der Waals surface area contributed by atoms with E-state index in [0.717, 1.165) is 37.2 Å². The molecule has 0 saturated carbocycles. The molecule has 0 aromatic carbocycles. The summed E-state index contributed by atoms with van der Waals surface area (Å²) in [6.07, 6.45) is 3.17. The smallest absolute Gasteiger partial charge is 0.160 e. The third-order valence-corrected chi connectivity index (χ3v) is 2.91. The van der Waals surface area contributed by atoms with Gasteiger partial charge in [0.25, 0.3) is 0 Å². The Labute approximate surface area is 105 Å². The van der Waals surface area contributed by atoms with Crippen LogP contribution in [0.2, 0.25) is 0 Å². The van der Waals surface area contributed by atoms with Crippen LogP contribution in [-0.4, -0.2) is 14.9 Å². The average molecular weight is 238 g/mol. The third-order valence-electron chi connectivity index (χ3n) is 2.91. The van der Waals surface area contributed by atoms with Gasteiger partial charge in [-0.25, -0.2) is 0 Å². The van der Waals surface area contributed by atoms with Gasteiger partial charge in [-0.15, -0.1) is 0 Å². The molecule has 0 aliphatic carbocycles. The molecule has 0 fully saturated rings. The maximum absolute atomic E-state index is 10.2. The Morgan fingerprint density at radius 1 is 1.24 bits per heavy atom. The first-order chi connectivity index (χ1) is 7.97. The second-order valence-corrected chi connectivity index (χ2v) is 5.51. The van der Waals surface area contributed by atoms with Crippen LogP contribution >= 0.6 is 0 Å². The highest BCUT2D eigenvalue weighted by molar-refractivity contribution is 5.34. The zero-order chi connectivity index (χ0) is 13.0. The first kappa shape index (κ1) is 14.1. The average Bonchev–Trinajstić information content (AvgIpc) is 2.52. The van der Waals surface area contributed by atoms with Gasteiger partial charge in [-0.05, 0) is 18.8 Å². The van der Waals surface area contributed by atoms with Gasteiger partial charge in [-0.3, -0.25) is 4.68 Å². The van der Waals surface area contributed by atoms with E-state index in [1.165, 1.54) is 0 Å². The minimum absolute atomic E-state index is 0.281. The molecule has 1 heterocycles. The van der Waals surface area contributed by atoms with Gasteiger partial charge >= 0.3 is 0 Å². The quantitative estimate of drug-likeness (QED) is 0.820. The number of unbranched alkanes of at least 4 members (excludes halogenated alkanes) is 1. The van der Waals surface area contributed by atoms with Crippen molar-refractivity contribution in [2.24, 2.45) is 5.92 Å². The number of nitrogens with zero attached hydrogens (tertiary/aromatic N) is 2. The van der Waals surface area contributed by atoms with E-state index in [1.807, 2.05) is 4.68 Å². The van der Waals surface area contributed by atoms with Gasteiger partial charge in [-0.1, -0.05) is 41.0 Å². The fourth-order valence-corrected chi connectivity index (χ4v) is 1.99. The number of aromatic nitrogens is 2. The van der Waals surface area contributed by atoms with Crippen molar-refractivity contribution >= 4 is 0 Å². The van der Waals surface area contributed by atoms with E-state index in [0.29, 0.717) is 11.7 Å². The second-order valence-electron chi connectivity index (χ2n) is 5.51. The molecule has 1 N–H and O–H groups in total. The standard InChI is InChI=1S/C14H26N2O/c1-6-7-8-12-14(17)13(11(4)5)15-16(12)9-10(2)3/h10-11,17H,6-9H2,1-5H3. The van der Waals surface area contributed by atoms with Gasteiger partial charge < -0.3 is 5.11 Å². The van der Waals surface area contributed by atoms with Crippen LogP contribution in [0.1, 0.15) is 64.8 Å². The normalized spacial score (nSPS) is 11.7. The predicted molar refractivity (Wildman–Crippen MR) is 71.4 cm³/mol. The molecule has 3 nitrogen and oxygen atoms in total. The molecule has 0 spiro atoms. The summed E-state index contributed by atoms with van der Waals surface area (Å²) in [6.45, 7) is 11.6. The molecule has 0 bridgehead atoms. The molecule has 0 atom stereocenters. The lowest BCUT2D eigenvalue weighted by atomic mass is 10.1. The van der Waals surface area contributed by atoms with Crippen molar-refractivity contribution in [3.8, 4) is 5.75 Å². The SMILES string of the molecule is CCCCc1c(O)c(C(C)C)nn1CC(C)C. The van der Waals surface area contributed by atoms with E-state index >= 15 is 0 Å². The Morgan fingerprint density at radius 2 is 1.88 bits per heavy atom. The van der Waals surface area contributed by atoms with E-state index < -0.39 is 0 Å². The van der Waals surface area contributed by atoms with Crippen LogP contribution in [0.15, 0.2) is 0 Å². The lowest BCUT2D eigenvalue weighted by Crippen LogP contribution is -2.10. The van der Waals surface area contributed by atoms with Gasteiger partial charge in [-0.2, -0.15) is 5.10 Å². The lowest BCUT2D eigenvalue weighted by Gasteiger charge is -2.09. The molecular weight excluding hydrogens is 212 g/mol. The van der Waals surface area contributed by atoms with Gasteiger partial charge in [0.15, 0.2) is 5.75 Å². The predicted octanol–water partition coefficient (Wildman–Crippen LogP) is 3.71. The van der Waals surface area contributed by atoms with Crippen molar-refractivity contribution in [1.82, 2.24) is 9.78 Å². The first-order valence-electron chi connectivity index (χ1n) is 6.75. The number of hydrogen-bond acceptors (Lipinski definition) is 2. The first-order valence-corrected chi connectivity index (χ1v) is 6.75. The molecule has 0 saturated heterocycles. The molecule has 0 unspecified atom stereocenters. The van der Waals surface area contributed by atoms with Crippen molar-refractivity contribution < 1.29 is 5.11 Å². The lowest BCUT2D eigenvalue weighted by molar-refractivity contribution is 0.441. The molecule has 0 amide bonds. The summed E-state index contributed by atoms with van der Waals surface area (Å²) in [5, 5.41) is 14.8. The topological polar surface area (TPSA) is 38.1 Å². The minimum atomic E-state index is 0.281. The summed E-state index contributed by atoms with van der Waals surface area (Å²) >= 11 is 0. The molecule has 3 heteroatoms. The Balaban J connectivity index is 3.03. The number of hydrogen-bond donors (Lipinski definition) is 1. The summed E-state index contributed by atoms with van der Waals surface area (Å²) in [5.74, 6) is 1.26. The van der Waals surface area contributed by atoms with E-state index in [4.69, 9.17) is 0 Å².